The highest BCUT2D eigenvalue weighted by Crippen LogP contribution is 2.33. The summed E-state index contributed by atoms with van der Waals surface area (Å²) in [5.41, 5.74) is 1.37. The third kappa shape index (κ3) is 15.8. The molecule has 88 heavy (non-hydrogen) atoms. The Morgan fingerprint density at radius 1 is 0.727 bits per heavy atom. The number of hydrogen-bond donors (Lipinski definition) is 2. The fourth-order valence-electron chi connectivity index (χ4n) is 13.3. The van der Waals surface area contributed by atoms with E-state index in [0.717, 1.165) is 74.0 Å². The lowest BCUT2D eigenvalue weighted by Gasteiger charge is -2.42. The Morgan fingerprint density at radius 2 is 1.45 bits per heavy atom. The van der Waals surface area contributed by atoms with Crippen molar-refractivity contribution in [1.82, 2.24) is 44.9 Å². The molecule has 1 saturated carbocycles. The predicted molar refractivity (Wildman–Crippen MR) is 325 cm³/mol. The molecule has 4 aliphatic heterocycles. The van der Waals surface area contributed by atoms with Gasteiger partial charge in [0.15, 0.2) is 0 Å². The molecule has 5 aromatic rings. The first kappa shape index (κ1) is 63.4. The maximum absolute atomic E-state index is 15.2. The monoisotopic (exact) mass is 1210 g/mol. The lowest BCUT2D eigenvalue weighted by molar-refractivity contribution is -0.143. The smallest absolute Gasteiger partial charge is 0.411 e. The van der Waals surface area contributed by atoms with Crippen molar-refractivity contribution in [3.05, 3.63) is 146 Å². The maximum Gasteiger partial charge on any atom is 0.411 e. The summed E-state index contributed by atoms with van der Waals surface area (Å²) in [6, 6.07) is 21.2. The van der Waals surface area contributed by atoms with E-state index in [1.807, 2.05) is 42.2 Å². The summed E-state index contributed by atoms with van der Waals surface area (Å²) in [7, 11) is 0. The Morgan fingerprint density at radius 3 is 2.18 bits per heavy atom. The molecule has 1 aromatic heterocycles. The van der Waals surface area contributed by atoms with Gasteiger partial charge in [0, 0.05) is 99.9 Å². The number of piperazine rings is 1. The van der Waals surface area contributed by atoms with Crippen molar-refractivity contribution in [3.8, 4) is 0 Å². The summed E-state index contributed by atoms with van der Waals surface area (Å²) in [6.07, 6.45) is 8.41. The molecule has 5 heterocycles. The van der Waals surface area contributed by atoms with Crippen LogP contribution in [0.4, 0.5) is 18.0 Å². The Hall–Kier alpha value is -7.65. The fourth-order valence-corrected chi connectivity index (χ4v) is 13.3. The van der Waals surface area contributed by atoms with Gasteiger partial charge in [0.25, 0.3) is 17.4 Å². The molecule has 4 aromatic carbocycles. The minimum absolute atomic E-state index is 0.00879. The molecule has 0 unspecified atom stereocenters. The largest absolute Gasteiger partial charge is 0.444 e. The molecule has 2 N–H and O–H groups in total. The van der Waals surface area contributed by atoms with Crippen LogP contribution in [0.1, 0.15) is 147 Å². The zero-order valence-corrected chi connectivity index (χ0v) is 51.0. The van der Waals surface area contributed by atoms with Crippen LogP contribution in [0.25, 0.3) is 10.8 Å². The number of carbonyl (C=O) groups is 6. The van der Waals surface area contributed by atoms with Crippen molar-refractivity contribution in [2.45, 2.75) is 147 Å². The van der Waals surface area contributed by atoms with Gasteiger partial charge in [-0.25, -0.2) is 23.1 Å². The summed E-state index contributed by atoms with van der Waals surface area (Å²) in [4.78, 5) is 106. The molecule has 4 atom stereocenters. The molecule has 6 amide bonds. The van der Waals surface area contributed by atoms with E-state index in [2.05, 4.69) is 20.4 Å². The Kier molecular flexibility index (Phi) is 20.3. The number of H-pyrrole nitrogens is 1. The van der Waals surface area contributed by atoms with Crippen LogP contribution >= 0.6 is 0 Å². The van der Waals surface area contributed by atoms with Gasteiger partial charge in [-0.1, -0.05) is 61.7 Å². The molecule has 10 rings (SSSR count). The molecule has 0 spiro atoms. The van der Waals surface area contributed by atoms with E-state index in [1.165, 1.54) is 12.1 Å². The average Bonchev–Trinajstić information content (AvgIpc) is 2.24. The van der Waals surface area contributed by atoms with Gasteiger partial charge in [-0.3, -0.25) is 38.6 Å². The lowest BCUT2D eigenvalue weighted by Crippen LogP contribution is -2.57. The molecule has 0 bridgehead atoms. The molecular formula is C67H82F3N9O9. The molecule has 5 aliphatic rings. The number of carbonyl (C=O) groups excluding carboxylic acids is 6. The van der Waals surface area contributed by atoms with Gasteiger partial charge in [-0.05, 0) is 133 Å². The number of benzene rings is 4. The number of likely N-dealkylation sites (tertiary alicyclic amines) is 3. The number of piperidine rings is 3. The minimum Gasteiger partial charge on any atom is -0.444 e. The molecule has 0 radical (unpaired) electrons. The highest BCUT2D eigenvalue weighted by atomic mass is 19.1. The molecule has 470 valence electrons. The summed E-state index contributed by atoms with van der Waals surface area (Å²) in [5.74, 6) is -3.59. The van der Waals surface area contributed by atoms with Crippen molar-refractivity contribution in [2.24, 2.45) is 5.92 Å². The van der Waals surface area contributed by atoms with Crippen LogP contribution in [-0.2, 0) is 36.8 Å². The van der Waals surface area contributed by atoms with Crippen LogP contribution in [0.2, 0.25) is 0 Å². The molecule has 4 saturated heterocycles. The number of ether oxygens (including phenoxy) is 2. The third-order valence-corrected chi connectivity index (χ3v) is 18.1. The Balaban J connectivity index is 0.677. The number of aromatic nitrogens is 2. The number of aromatic amines is 1. The second-order valence-corrected chi connectivity index (χ2v) is 25.6. The normalized spacial score (nSPS) is 20.4. The number of halogens is 3. The fraction of sp³-hybridized carbons (Fsp3) is 0.522. The van der Waals surface area contributed by atoms with E-state index in [4.69, 9.17) is 9.47 Å². The van der Waals surface area contributed by atoms with Gasteiger partial charge in [0.2, 0.25) is 17.7 Å². The first-order valence-electron chi connectivity index (χ1n) is 31.3. The Bertz CT molecular complexity index is 3410. The van der Waals surface area contributed by atoms with Crippen molar-refractivity contribution in [3.63, 3.8) is 0 Å². The van der Waals surface area contributed by atoms with Crippen molar-refractivity contribution in [2.75, 3.05) is 72.0 Å². The Labute approximate surface area is 512 Å². The van der Waals surface area contributed by atoms with Crippen LogP contribution in [0.5, 0.6) is 0 Å². The maximum atomic E-state index is 15.2. The first-order valence-corrected chi connectivity index (χ1v) is 31.3. The van der Waals surface area contributed by atoms with Gasteiger partial charge in [0.05, 0.1) is 41.9 Å². The number of nitrogens with one attached hydrogen (secondary N) is 2. The summed E-state index contributed by atoms with van der Waals surface area (Å²) in [5, 5.41) is 11.2. The van der Waals surface area contributed by atoms with E-state index in [0.29, 0.717) is 92.7 Å². The summed E-state index contributed by atoms with van der Waals surface area (Å²) in [6.45, 7) is 10.6. The van der Waals surface area contributed by atoms with Crippen LogP contribution in [0, 0.1) is 23.4 Å². The first-order chi connectivity index (χ1) is 42.2. The summed E-state index contributed by atoms with van der Waals surface area (Å²) < 4.78 is 56.0. The molecular weight excluding hydrogens is 1130 g/mol. The lowest BCUT2D eigenvalue weighted by atomic mass is 9.82. The summed E-state index contributed by atoms with van der Waals surface area (Å²) >= 11 is 0. The number of nitrogens with zero attached hydrogens (tertiary/aromatic N) is 7. The number of hydrogen-bond acceptors (Lipinski definition) is 11. The second kappa shape index (κ2) is 28.2. The van der Waals surface area contributed by atoms with Gasteiger partial charge < -0.3 is 34.4 Å². The molecule has 5 fully saturated rings. The van der Waals surface area contributed by atoms with E-state index >= 15 is 4.39 Å². The predicted octanol–water partition coefficient (Wildman–Crippen LogP) is 8.60. The molecule has 1 aliphatic carbocycles. The van der Waals surface area contributed by atoms with Crippen LogP contribution in [0.3, 0.4) is 0 Å². The highest BCUT2D eigenvalue weighted by molar-refractivity contribution is 5.98. The highest BCUT2D eigenvalue weighted by Gasteiger charge is 2.40. The topological polar surface area (TPSA) is 198 Å². The van der Waals surface area contributed by atoms with E-state index < -0.39 is 41.1 Å². The standard InChI is InChI=1S/C67H82F3N9O9/c1-43-34-52(87-51-23-27-74(28-24-51)41-59(80)75-30-32-76(33-31-75)64(84)55-35-44(19-22-56(55)69)36-58-53-17-8-9-18-54(53)63(83)73-72-58)25-29-79(43)65(85)61(45-12-6-5-7-13-45)71-62(82)47-15-10-14-46(37-47)48-16-11-26-77(39-48)60(81)42-78(66(86)88-67(2,3)4)40-49-20-21-50(68)38-57(49)70/h8-10,14-15,17-22,35,37-38,43,45,48,51-52,61H,5-7,11-13,16,23-34,36,39-42H2,1-4H3,(H,71,82)(H,73,83)/t43-,48-,52+,61+/m1/s1. The third-order valence-electron chi connectivity index (χ3n) is 18.1. The number of rotatable bonds is 16. The van der Waals surface area contributed by atoms with Crippen molar-refractivity contribution in [1.29, 1.82) is 0 Å². The van der Waals surface area contributed by atoms with Crippen molar-refractivity contribution < 1.29 is 51.4 Å². The van der Waals surface area contributed by atoms with Gasteiger partial charge in [0.1, 0.15) is 35.6 Å². The SMILES string of the molecule is C[C@@H]1C[C@@H](OC2CCN(CC(=O)N3CCN(C(=O)c4cc(Cc5n[nH]c(=O)c6ccccc56)ccc4F)CC3)CC2)CCN1C(=O)[C@@H](NC(=O)c1cccc([C@@H]2CCCN(C(=O)CN(Cc3ccc(F)cc3F)C(=O)OC(C)(C)C)C2)c1)C1CCCCC1. The number of fused-ring (bicyclic) bond motifs is 1. The van der Waals surface area contributed by atoms with E-state index in [9.17, 15) is 42.3 Å². The number of amides is 6. The van der Waals surface area contributed by atoms with Gasteiger partial charge in [-0.15, -0.1) is 0 Å². The average molecular weight is 1210 g/mol. The van der Waals surface area contributed by atoms with Gasteiger partial charge >= 0.3 is 6.09 Å². The van der Waals surface area contributed by atoms with E-state index in [1.54, 1.807) is 65.8 Å². The van der Waals surface area contributed by atoms with Crippen LogP contribution in [-0.4, -0.2) is 177 Å². The zero-order valence-electron chi connectivity index (χ0n) is 51.0. The zero-order chi connectivity index (χ0) is 62.2. The van der Waals surface area contributed by atoms with Crippen LogP contribution in [0.15, 0.2) is 89.7 Å². The van der Waals surface area contributed by atoms with Crippen LogP contribution < -0.4 is 10.9 Å². The molecule has 21 heteroatoms. The second-order valence-electron chi connectivity index (χ2n) is 25.6. The van der Waals surface area contributed by atoms with Gasteiger partial charge in [-0.2, -0.15) is 5.10 Å². The van der Waals surface area contributed by atoms with Crippen molar-refractivity contribution >= 4 is 46.4 Å². The molecule has 18 nitrogen and oxygen atoms in total. The quantitative estimate of drug-likeness (QED) is 0.0960. The van der Waals surface area contributed by atoms with E-state index in [-0.39, 0.29) is 110 Å². The minimum atomic E-state index is -0.886.